The van der Waals surface area contributed by atoms with Crippen LogP contribution in [0, 0.1) is 6.92 Å². The Morgan fingerprint density at radius 1 is 1.62 bits per heavy atom. The second-order valence-corrected chi connectivity index (χ2v) is 3.31. The Morgan fingerprint density at radius 2 is 2.44 bits per heavy atom. The van der Waals surface area contributed by atoms with Crippen LogP contribution in [-0.2, 0) is 16.1 Å². The van der Waals surface area contributed by atoms with Crippen LogP contribution in [0.1, 0.15) is 11.7 Å². The average Bonchev–Trinajstić information content (AvgIpc) is 2.65. The van der Waals surface area contributed by atoms with Crippen LogP contribution in [-0.4, -0.2) is 37.7 Å². The quantitative estimate of drug-likeness (QED) is 0.633. The molecule has 0 fully saturated rings. The number of hydrogen-bond acceptors (Lipinski definition) is 5. The largest absolute Gasteiger partial charge is 0.445 e. The first kappa shape index (κ1) is 12.7. The fraction of sp³-hybridized carbons (Fsp3) is 0.600. The molecule has 2 N–H and O–H groups in total. The number of hydrogen-bond donors (Lipinski definition) is 2. The lowest BCUT2D eigenvalue weighted by Gasteiger charge is -2.04. The van der Waals surface area contributed by atoms with Crippen molar-refractivity contribution in [2.24, 2.45) is 0 Å². The minimum atomic E-state index is -0.0691. The standard InChI is InChI=1S/C10H17N3O3/c1-8-5-13-10(16-8)7-11-6-9(14)12-3-4-15-2/h5,11H,3-4,6-7H2,1-2H3,(H,12,14). The number of nitrogens with zero attached hydrogens (tertiary/aromatic N) is 1. The summed E-state index contributed by atoms with van der Waals surface area (Å²) < 4.78 is 10.0. The number of amides is 1. The lowest BCUT2D eigenvalue weighted by molar-refractivity contribution is -0.120. The topological polar surface area (TPSA) is 76.4 Å². The first-order valence-corrected chi connectivity index (χ1v) is 5.10. The maximum absolute atomic E-state index is 11.2. The molecule has 0 saturated heterocycles. The highest BCUT2D eigenvalue weighted by Crippen LogP contribution is 1.99. The van der Waals surface area contributed by atoms with Crippen LogP contribution in [0.25, 0.3) is 0 Å². The van der Waals surface area contributed by atoms with Crippen LogP contribution in [0.3, 0.4) is 0 Å². The molecule has 0 aliphatic rings. The van der Waals surface area contributed by atoms with Gasteiger partial charge in [-0.25, -0.2) is 4.98 Å². The summed E-state index contributed by atoms with van der Waals surface area (Å²) in [6.07, 6.45) is 1.65. The van der Waals surface area contributed by atoms with E-state index in [1.165, 1.54) is 0 Å². The monoisotopic (exact) mass is 227 g/mol. The number of aryl methyl sites for hydroxylation is 1. The molecule has 90 valence electrons. The van der Waals surface area contributed by atoms with Gasteiger partial charge in [0.05, 0.1) is 25.9 Å². The van der Waals surface area contributed by atoms with Gasteiger partial charge in [-0.1, -0.05) is 0 Å². The third kappa shape index (κ3) is 4.90. The van der Waals surface area contributed by atoms with E-state index in [2.05, 4.69) is 15.6 Å². The van der Waals surface area contributed by atoms with Crippen molar-refractivity contribution in [3.63, 3.8) is 0 Å². The number of ether oxygens (including phenoxy) is 1. The van der Waals surface area contributed by atoms with Gasteiger partial charge in [-0.05, 0) is 6.92 Å². The molecule has 1 aromatic heterocycles. The van der Waals surface area contributed by atoms with Gasteiger partial charge in [-0.2, -0.15) is 0 Å². The molecule has 0 atom stereocenters. The third-order valence-corrected chi connectivity index (χ3v) is 1.86. The molecule has 6 heteroatoms. The van der Waals surface area contributed by atoms with Gasteiger partial charge in [-0.15, -0.1) is 0 Å². The van der Waals surface area contributed by atoms with Crippen LogP contribution in [0.15, 0.2) is 10.6 Å². The number of nitrogens with one attached hydrogen (secondary N) is 2. The lowest BCUT2D eigenvalue weighted by atomic mass is 10.5. The number of methoxy groups -OCH3 is 1. The summed E-state index contributed by atoms with van der Waals surface area (Å²) in [5.41, 5.74) is 0. The van der Waals surface area contributed by atoms with Crippen molar-refractivity contribution >= 4 is 5.91 Å². The first-order chi connectivity index (χ1) is 7.72. The molecule has 1 rings (SSSR count). The molecule has 0 radical (unpaired) electrons. The van der Waals surface area contributed by atoms with Crippen molar-refractivity contribution in [1.82, 2.24) is 15.6 Å². The zero-order valence-corrected chi connectivity index (χ0v) is 9.58. The van der Waals surface area contributed by atoms with Crippen LogP contribution in [0.4, 0.5) is 0 Å². The van der Waals surface area contributed by atoms with E-state index < -0.39 is 0 Å². The van der Waals surface area contributed by atoms with E-state index >= 15 is 0 Å². The fourth-order valence-electron chi connectivity index (χ4n) is 1.12. The fourth-order valence-corrected chi connectivity index (χ4v) is 1.12. The normalized spacial score (nSPS) is 10.4. The molecule has 6 nitrogen and oxygen atoms in total. The molecule has 16 heavy (non-hydrogen) atoms. The van der Waals surface area contributed by atoms with Crippen LogP contribution in [0.2, 0.25) is 0 Å². The SMILES string of the molecule is COCCNC(=O)CNCc1ncc(C)o1. The zero-order chi connectivity index (χ0) is 11.8. The first-order valence-electron chi connectivity index (χ1n) is 5.10. The number of carbonyl (C=O) groups excluding carboxylic acids is 1. The predicted octanol–water partition coefficient (Wildman–Crippen LogP) is -0.165. The Kier molecular flexibility index (Phi) is 5.52. The summed E-state index contributed by atoms with van der Waals surface area (Å²) in [4.78, 5) is 15.2. The zero-order valence-electron chi connectivity index (χ0n) is 9.58. The molecule has 1 aromatic rings. The molecule has 1 amide bonds. The highest BCUT2D eigenvalue weighted by Gasteiger charge is 2.02. The summed E-state index contributed by atoms with van der Waals surface area (Å²) in [5.74, 6) is 1.28. The van der Waals surface area contributed by atoms with Crippen molar-refractivity contribution in [2.45, 2.75) is 13.5 Å². The van der Waals surface area contributed by atoms with E-state index in [1.54, 1.807) is 13.3 Å². The average molecular weight is 227 g/mol. The second-order valence-electron chi connectivity index (χ2n) is 3.31. The van der Waals surface area contributed by atoms with Gasteiger partial charge in [-0.3, -0.25) is 10.1 Å². The minimum absolute atomic E-state index is 0.0691. The highest BCUT2D eigenvalue weighted by molar-refractivity contribution is 5.77. The van der Waals surface area contributed by atoms with Crippen molar-refractivity contribution in [3.8, 4) is 0 Å². The van der Waals surface area contributed by atoms with Gasteiger partial charge in [0.1, 0.15) is 5.76 Å². The molecule has 0 bridgehead atoms. The summed E-state index contributed by atoms with van der Waals surface area (Å²) in [6.45, 7) is 3.56. The van der Waals surface area contributed by atoms with E-state index in [4.69, 9.17) is 9.15 Å². The Morgan fingerprint density at radius 3 is 3.06 bits per heavy atom. The highest BCUT2D eigenvalue weighted by atomic mass is 16.5. The number of carbonyl (C=O) groups is 1. The Hall–Kier alpha value is -1.40. The van der Waals surface area contributed by atoms with Gasteiger partial charge in [0.15, 0.2) is 0 Å². The third-order valence-electron chi connectivity index (χ3n) is 1.86. The van der Waals surface area contributed by atoms with E-state index in [0.717, 1.165) is 5.76 Å². The molecule has 1 heterocycles. The van der Waals surface area contributed by atoms with Gasteiger partial charge in [0.2, 0.25) is 11.8 Å². The second kappa shape index (κ2) is 6.97. The van der Waals surface area contributed by atoms with Crippen molar-refractivity contribution < 1.29 is 13.9 Å². The summed E-state index contributed by atoms with van der Waals surface area (Å²) in [5, 5.41) is 5.63. The molecule has 0 aliphatic carbocycles. The molecule has 0 spiro atoms. The Balaban J connectivity index is 2.08. The lowest BCUT2D eigenvalue weighted by Crippen LogP contribution is -2.35. The van der Waals surface area contributed by atoms with Crippen molar-refractivity contribution in [2.75, 3.05) is 26.8 Å². The van der Waals surface area contributed by atoms with Crippen LogP contribution in [0.5, 0.6) is 0 Å². The van der Waals surface area contributed by atoms with Gasteiger partial charge < -0.3 is 14.5 Å². The van der Waals surface area contributed by atoms with Crippen molar-refractivity contribution in [3.05, 3.63) is 17.8 Å². The molecule has 0 unspecified atom stereocenters. The molecular weight excluding hydrogens is 210 g/mol. The summed E-state index contributed by atoms with van der Waals surface area (Å²) >= 11 is 0. The van der Waals surface area contributed by atoms with E-state index in [-0.39, 0.29) is 12.5 Å². The van der Waals surface area contributed by atoms with E-state index in [0.29, 0.717) is 25.6 Å². The number of aromatic nitrogens is 1. The van der Waals surface area contributed by atoms with Gasteiger partial charge in [0, 0.05) is 13.7 Å². The maximum atomic E-state index is 11.2. The van der Waals surface area contributed by atoms with Crippen LogP contribution >= 0.6 is 0 Å². The van der Waals surface area contributed by atoms with E-state index in [9.17, 15) is 4.79 Å². The number of rotatable bonds is 7. The Labute approximate surface area is 94.4 Å². The van der Waals surface area contributed by atoms with E-state index in [1.807, 2.05) is 6.92 Å². The van der Waals surface area contributed by atoms with Gasteiger partial charge >= 0.3 is 0 Å². The maximum Gasteiger partial charge on any atom is 0.234 e. The molecule has 0 saturated carbocycles. The summed E-state index contributed by atoms with van der Waals surface area (Å²) in [6, 6.07) is 0. The minimum Gasteiger partial charge on any atom is -0.445 e. The van der Waals surface area contributed by atoms with Crippen LogP contribution < -0.4 is 10.6 Å². The van der Waals surface area contributed by atoms with Gasteiger partial charge in [0.25, 0.3) is 0 Å². The molecular formula is C10H17N3O3. The predicted molar refractivity (Wildman–Crippen MR) is 57.8 cm³/mol. The summed E-state index contributed by atoms with van der Waals surface area (Å²) in [7, 11) is 1.59. The Bertz CT molecular complexity index is 325. The molecule has 0 aliphatic heterocycles. The number of oxazole rings is 1. The molecule has 0 aromatic carbocycles. The smallest absolute Gasteiger partial charge is 0.234 e. The van der Waals surface area contributed by atoms with Crippen molar-refractivity contribution in [1.29, 1.82) is 0 Å².